The Hall–Kier alpha value is -3.25. The quantitative estimate of drug-likeness (QED) is 0.422. The highest BCUT2D eigenvalue weighted by Gasteiger charge is 2.17. The minimum Gasteiger partial charge on any atom is -0.493 e. The summed E-state index contributed by atoms with van der Waals surface area (Å²) in [5, 5.41) is 6.24. The van der Waals surface area contributed by atoms with Gasteiger partial charge in [-0.3, -0.25) is 4.79 Å². The van der Waals surface area contributed by atoms with Crippen LogP contribution in [0, 0.1) is 6.92 Å². The van der Waals surface area contributed by atoms with Crippen LogP contribution in [0.3, 0.4) is 0 Å². The topological polar surface area (TPSA) is 52.5 Å². The highest BCUT2D eigenvalue weighted by molar-refractivity contribution is 7.16. The van der Waals surface area contributed by atoms with Crippen molar-refractivity contribution in [1.29, 1.82) is 0 Å². The number of fused-ring (bicyclic) bond motifs is 1. The monoisotopic (exact) mass is 434 g/mol. The van der Waals surface area contributed by atoms with Crippen molar-refractivity contribution in [3.8, 4) is 11.5 Å². The molecule has 0 aliphatic rings. The predicted octanol–water partition coefficient (Wildman–Crippen LogP) is 5.05. The van der Waals surface area contributed by atoms with Crippen LogP contribution in [-0.4, -0.2) is 31.2 Å². The smallest absolute Gasteiger partial charge is 0.267 e. The Bertz CT molecular complexity index is 1190. The molecule has 5 nitrogen and oxygen atoms in total. The Balaban J connectivity index is 1.48. The molecule has 0 bridgehead atoms. The lowest BCUT2D eigenvalue weighted by Crippen LogP contribution is -2.28. The molecule has 1 amide bonds. The van der Waals surface area contributed by atoms with Crippen molar-refractivity contribution in [3.63, 3.8) is 0 Å². The molecule has 0 aliphatic carbocycles. The number of amides is 1. The van der Waals surface area contributed by atoms with E-state index in [0.717, 1.165) is 15.8 Å². The van der Waals surface area contributed by atoms with E-state index in [4.69, 9.17) is 9.47 Å². The van der Waals surface area contributed by atoms with Crippen molar-refractivity contribution in [3.05, 3.63) is 82.4 Å². The molecule has 160 valence electrons. The summed E-state index contributed by atoms with van der Waals surface area (Å²) in [6, 6.07) is 18.3. The molecule has 0 fully saturated rings. The van der Waals surface area contributed by atoms with Crippen molar-refractivity contribution >= 4 is 27.5 Å². The number of benzene rings is 2. The molecule has 6 heteroatoms. The maximum atomic E-state index is 13.0. The number of aromatic nitrogens is 1. The minimum absolute atomic E-state index is 0.0593. The lowest BCUT2D eigenvalue weighted by Gasteiger charge is -2.12. The van der Waals surface area contributed by atoms with Gasteiger partial charge in [0.15, 0.2) is 11.5 Å². The molecule has 4 aromatic rings. The molecule has 0 spiro atoms. The Morgan fingerprint density at radius 1 is 0.968 bits per heavy atom. The first kappa shape index (κ1) is 21.0. The Kier molecular flexibility index (Phi) is 6.28. The normalized spacial score (nSPS) is 10.9. The molecule has 31 heavy (non-hydrogen) atoms. The van der Waals surface area contributed by atoms with Crippen molar-refractivity contribution in [1.82, 2.24) is 9.88 Å². The summed E-state index contributed by atoms with van der Waals surface area (Å²) in [7, 11) is 3.24. The predicted molar refractivity (Wildman–Crippen MR) is 126 cm³/mol. The number of carbonyl (C=O) groups is 1. The van der Waals surface area contributed by atoms with Gasteiger partial charge in [0.2, 0.25) is 0 Å². The molecular weight excluding hydrogens is 408 g/mol. The maximum Gasteiger partial charge on any atom is 0.267 e. The van der Waals surface area contributed by atoms with E-state index in [1.165, 1.54) is 11.1 Å². The molecule has 2 heterocycles. The molecule has 2 aromatic carbocycles. The van der Waals surface area contributed by atoms with Crippen LogP contribution in [0.2, 0.25) is 0 Å². The first-order chi connectivity index (χ1) is 15.1. The molecule has 1 N–H and O–H groups in total. The number of methoxy groups -OCH3 is 2. The summed E-state index contributed by atoms with van der Waals surface area (Å²) in [5.41, 5.74) is 4.17. The molecule has 4 rings (SSSR count). The van der Waals surface area contributed by atoms with E-state index in [1.54, 1.807) is 25.6 Å². The van der Waals surface area contributed by atoms with Gasteiger partial charge < -0.3 is 19.4 Å². The van der Waals surface area contributed by atoms with E-state index >= 15 is 0 Å². The summed E-state index contributed by atoms with van der Waals surface area (Å²) in [6.07, 6.45) is 0.707. The third kappa shape index (κ3) is 4.59. The number of hydrogen-bond donors (Lipinski definition) is 1. The van der Waals surface area contributed by atoms with Gasteiger partial charge >= 0.3 is 0 Å². The molecular formula is C25H26N2O3S. The maximum absolute atomic E-state index is 13.0. The summed E-state index contributed by atoms with van der Waals surface area (Å²) in [6.45, 7) is 3.29. The molecule has 0 unspecified atom stereocenters. The van der Waals surface area contributed by atoms with Crippen LogP contribution in [0.4, 0.5) is 0 Å². The van der Waals surface area contributed by atoms with Gasteiger partial charge in [-0.25, -0.2) is 0 Å². The lowest BCUT2D eigenvalue weighted by molar-refractivity contribution is 0.0946. The number of ether oxygens (including phenoxy) is 2. The van der Waals surface area contributed by atoms with Crippen molar-refractivity contribution in [2.75, 3.05) is 20.8 Å². The fourth-order valence-electron chi connectivity index (χ4n) is 3.64. The standard InChI is InChI=1S/C25H26N2O3S/c1-17-4-6-19(7-5-17)16-27-21(15-20-11-13-31-25(20)27)24(28)26-12-10-18-8-9-22(29-2)23(14-18)30-3/h4-9,11,13-15H,10,12,16H2,1-3H3,(H,26,28). The number of thiophene rings is 1. The van der Waals surface area contributed by atoms with Crippen LogP contribution in [-0.2, 0) is 13.0 Å². The zero-order valence-electron chi connectivity index (χ0n) is 18.0. The first-order valence-electron chi connectivity index (χ1n) is 10.2. The molecule has 0 aliphatic heterocycles. The van der Waals surface area contributed by atoms with Crippen LogP contribution in [0.1, 0.15) is 27.2 Å². The van der Waals surface area contributed by atoms with Crippen LogP contribution in [0.15, 0.2) is 60.0 Å². The molecule has 2 aromatic heterocycles. The van der Waals surface area contributed by atoms with Crippen molar-refractivity contribution < 1.29 is 14.3 Å². The Labute approximate surface area is 186 Å². The zero-order valence-corrected chi connectivity index (χ0v) is 18.8. The number of hydrogen-bond acceptors (Lipinski definition) is 4. The van der Waals surface area contributed by atoms with Gasteiger partial charge in [0.25, 0.3) is 5.91 Å². The van der Waals surface area contributed by atoms with E-state index in [-0.39, 0.29) is 5.91 Å². The van der Waals surface area contributed by atoms with E-state index in [1.807, 2.05) is 24.3 Å². The summed E-state index contributed by atoms with van der Waals surface area (Å²) in [4.78, 5) is 14.1. The van der Waals surface area contributed by atoms with Crippen LogP contribution < -0.4 is 14.8 Å². The van der Waals surface area contributed by atoms with Crippen molar-refractivity contribution in [2.45, 2.75) is 19.9 Å². The van der Waals surface area contributed by atoms with Crippen LogP contribution in [0.5, 0.6) is 11.5 Å². The average Bonchev–Trinajstić information content (AvgIpc) is 3.37. The number of aryl methyl sites for hydroxylation is 1. The molecule has 0 radical (unpaired) electrons. The summed E-state index contributed by atoms with van der Waals surface area (Å²) in [5.74, 6) is 1.33. The van der Waals surface area contributed by atoms with Gasteiger partial charge in [0.05, 0.1) is 14.2 Å². The second kappa shape index (κ2) is 9.27. The largest absolute Gasteiger partial charge is 0.493 e. The average molecular weight is 435 g/mol. The second-order valence-corrected chi connectivity index (χ2v) is 8.37. The second-order valence-electron chi connectivity index (χ2n) is 7.48. The van der Waals surface area contributed by atoms with Gasteiger partial charge in [0.1, 0.15) is 10.5 Å². The van der Waals surface area contributed by atoms with E-state index in [9.17, 15) is 4.79 Å². The van der Waals surface area contributed by atoms with Gasteiger partial charge in [-0.2, -0.15) is 0 Å². The number of rotatable bonds is 8. The fraction of sp³-hybridized carbons (Fsp3) is 0.240. The van der Waals surface area contributed by atoms with Crippen LogP contribution >= 0.6 is 11.3 Å². The van der Waals surface area contributed by atoms with E-state index in [2.05, 4.69) is 52.5 Å². The summed E-state index contributed by atoms with van der Waals surface area (Å²) >= 11 is 1.66. The number of nitrogens with zero attached hydrogens (tertiary/aromatic N) is 1. The van der Waals surface area contributed by atoms with E-state index in [0.29, 0.717) is 36.7 Å². The van der Waals surface area contributed by atoms with Gasteiger partial charge in [-0.1, -0.05) is 35.9 Å². The number of nitrogens with one attached hydrogen (secondary N) is 1. The lowest BCUT2D eigenvalue weighted by atomic mass is 10.1. The van der Waals surface area contributed by atoms with Gasteiger partial charge in [0, 0.05) is 18.5 Å². The highest BCUT2D eigenvalue weighted by atomic mass is 32.1. The van der Waals surface area contributed by atoms with E-state index < -0.39 is 0 Å². The Morgan fingerprint density at radius 2 is 1.71 bits per heavy atom. The summed E-state index contributed by atoms with van der Waals surface area (Å²) < 4.78 is 12.8. The van der Waals surface area contributed by atoms with Gasteiger partial charge in [-0.15, -0.1) is 11.3 Å². The Morgan fingerprint density at radius 3 is 2.45 bits per heavy atom. The third-order valence-corrected chi connectivity index (χ3v) is 6.30. The van der Waals surface area contributed by atoms with Crippen molar-refractivity contribution in [2.24, 2.45) is 0 Å². The zero-order chi connectivity index (χ0) is 21.8. The highest BCUT2D eigenvalue weighted by Crippen LogP contribution is 2.28. The molecule has 0 saturated carbocycles. The molecule has 0 saturated heterocycles. The number of carbonyl (C=O) groups excluding carboxylic acids is 1. The SMILES string of the molecule is COc1ccc(CCNC(=O)c2cc3ccsc3n2Cc2ccc(C)cc2)cc1OC. The first-order valence-corrected chi connectivity index (χ1v) is 11.1. The third-order valence-electron chi connectivity index (χ3n) is 5.34. The van der Waals surface area contributed by atoms with Crippen LogP contribution in [0.25, 0.3) is 10.2 Å². The fourth-order valence-corrected chi connectivity index (χ4v) is 4.54. The minimum atomic E-state index is -0.0593. The van der Waals surface area contributed by atoms with Gasteiger partial charge in [-0.05, 0) is 54.1 Å². The molecule has 0 atom stereocenters.